The Labute approximate surface area is 101 Å². The highest BCUT2D eigenvalue weighted by molar-refractivity contribution is 6.31. The van der Waals surface area contributed by atoms with Crippen LogP contribution in [0.15, 0.2) is 12.1 Å². The molecular weight excluding hydrogens is 224 g/mol. The van der Waals surface area contributed by atoms with Crippen molar-refractivity contribution < 1.29 is 9.90 Å². The zero-order valence-corrected chi connectivity index (χ0v) is 10.5. The number of aliphatic carboxylic acids is 1. The average Bonchev–Trinajstić information content (AvgIpc) is 2.19. The molecule has 1 aromatic rings. The van der Waals surface area contributed by atoms with Gasteiger partial charge in [-0.25, -0.2) is 0 Å². The first-order valence-corrected chi connectivity index (χ1v) is 5.86. The summed E-state index contributed by atoms with van der Waals surface area (Å²) in [5, 5.41) is 9.33. The van der Waals surface area contributed by atoms with Crippen molar-refractivity contribution in [3.63, 3.8) is 0 Å². The number of benzene rings is 1. The Morgan fingerprint density at radius 2 is 1.94 bits per heavy atom. The van der Waals surface area contributed by atoms with Crippen LogP contribution in [0, 0.1) is 13.8 Å². The van der Waals surface area contributed by atoms with Gasteiger partial charge in [-0.1, -0.05) is 17.7 Å². The van der Waals surface area contributed by atoms with Gasteiger partial charge in [0.15, 0.2) is 0 Å². The molecule has 88 valence electrons. The van der Waals surface area contributed by atoms with Gasteiger partial charge in [-0.2, -0.15) is 0 Å². The van der Waals surface area contributed by atoms with E-state index in [-0.39, 0.29) is 6.42 Å². The van der Waals surface area contributed by atoms with Crippen molar-refractivity contribution in [2.75, 3.05) is 0 Å². The second-order valence-corrected chi connectivity index (χ2v) is 4.54. The lowest BCUT2D eigenvalue weighted by atomic mass is 10.00. The van der Waals surface area contributed by atoms with Crippen LogP contribution in [0.2, 0.25) is 5.02 Å². The summed E-state index contributed by atoms with van der Waals surface area (Å²) in [6.45, 7) is 4.03. The second-order valence-electron chi connectivity index (χ2n) is 4.13. The van der Waals surface area contributed by atoms with E-state index in [0.29, 0.717) is 0 Å². The third-order valence-corrected chi connectivity index (χ3v) is 3.11. The van der Waals surface area contributed by atoms with E-state index in [4.69, 9.17) is 16.7 Å². The molecule has 0 aliphatic rings. The van der Waals surface area contributed by atoms with E-state index < -0.39 is 5.97 Å². The van der Waals surface area contributed by atoms with Gasteiger partial charge in [0.05, 0.1) is 0 Å². The van der Waals surface area contributed by atoms with Crippen LogP contribution in [-0.4, -0.2) is 11.1 Å². The van der Waals surface area contributed by atoms with Crippen LogP contribution in [-0.2, 0) is 11.2 Å². The summed E-state index contributed by atoms with van der Waals surface area (Å²) in [5.41, 5.74) is 3.54. The fourth-order valence-electron chi connectivity index (χ4n) is 1.70. The Morgan fingerprint density at radius 1 is 1.25 bits per heavy atom. The zero-order valence-electron chi connectivity index (χ0n) is 9.72. The maximum absolute atomic E-state index is 10.4. The van der Waals surface area contributed by atoms with E-state index in [1.54, 1.807) is 0 Å². The number of carboxylic acid groups (broad SMARTS) is 1. The van der Waals surface area contributed by atoms with Gasteiger partial charge in [0, 0.05) is 11.4 Å². The van der Waals surface area contributed by atoms with Crippen LogP contribution in [0.3, 0.4) is 0 Å². The molecule has 0 saturated heterocycles. The molecule has 0 heterocycles. The summed E-state index contributed by atoms with van der Waals surface area (Å²) >= 11 is 6.01. The zero-order chi connectivity index (χ0) is 12.1. The summed E-state index contributed by atoms with van der Waals surface area (Å²) in [7, 11) is 0. The molecule has 3 heteroatoms. The molecule has 0 saturated carbocycles. The van der Waals surface area contributed by atoms with Crippen LogP contribution in [0.4, 0.5) is 0 Å². The molecule has 0 radical (unpaired) electrons. The maximum Gasteiger partial charge on any atom is 0.303 e. The number of carbonyl (C=O) groups is 1. The predicted molar refractivity (Wildman–Crippen MR) is 66.1 cm³/mol. The molecule has 0 aliphatic heterocycles. The molecule has 1 N–H and O–H groups in total. The number of rotatable bonds is 5. The van der Waals surface area contributed by atoms with Gasteiger partial charge in [0.25, 0.3) is 0 Å². The monoisotopic (exact) mass is 240 g/mol. The number of unbranched alkanes of at least 4 members (excludes halogenated alkanes) is 1. The molecule has 1 aromatic carbocycles. The predicted octanol–water partition coefficient (Wildman–Crippen LogP) is 3.75. The highest BCUT2D eigenvalue weighted by Gasteiger charge is 2.03. The van der Waals surface area contributed by atoms with E-state index in [1.165, 1.54) is 11.1 Å². The lowest BCUT2D eigenvalue weighted by molar-refractivity contribution is -0.137. The first kappa shape index (κ1) is 13.0. The standard InChI is InChI=1S/C13H17ClO2/c1-9-8-12(14)10(2)7-11(9)5-3-4-6-13(15)16/h7-8H,3-6H2,1-2H3,(H,15,16). The first-order chi connectivity index (χ1) is 7.50. The Morgan fingerprint density at radius 3 is 2.56 bits per heavy atom. The quantitative estimate of drug-likeness (QED) is 0.796. The van der Waals surface area contributed by atoms with Gasteiger partial charge in [-0.05, 0) is 55.9 Å². The van der Waals surface area contributed by atoms with Crippen LogP contribution in [0.5, 0.6) is 0 Å². The minimum absolute atomic E-state index is 0.256. The van der Waals surface area contributed by atoms with E-state index in [2.05, 4.69) is 6.07 Å². The van der Waals surface area contributed by atoms with Crippen molar-refractivity contribution in [1.82, 2.24) is 0 Å². The minimum atomic E-state index is -0.719. The molecular formula is C13H17ClO2. The van der Waals surface area contributed by atoms with Crippen molar-refractivity contribution in [2.45, 2.75) is 39.5 Å². The van der Waals surface area contributed by atoms with Crippen molar-refractivity contribution >= 4 is 17.6 Å². The Kier molecular flexibility index (Phi) is 4.81. The maximum atomic E-state index is 10.4. The van der Waals surface area contributed by atoms with Gasteiger partial charge >= 0.3 is 5.97 Å². The minimum Gasteiger partial charge on any atom is -0.481 e. The first-order valence-electron chi connectivity index (χ1n) is 5.48. The summed E-state index contributed by atoms with van der Waals surface area (Å²) in [5.74, 6) is -0.719. The fraction of sp³-hybridized carbons (Fsp3) is 0.462. The van der Waals surface area contributed by atoms with Gasteiger partial charge in [-0.3, -0.25) is 4.79 Å². The van der Waals surface area contributed by atoms with Gasteiger partial charge in [0.1, 0.15) is 0 Å². The van der Waals surface area contributed by atoms with E-state index in [9.17, 15) is 4.79 Å². The molecule has 0 aliphatic carbocycles. The molecule has 16 heavy (non-hydrogen) atoms. The van der Waals surface area contributed by atoms with E-state index >= 15 is 0 Å². The number of hydrogen-bond acceptors (Lipinski definition) is 1. The topological polar surface area (TPSA) is 37.3 Å². The lowest BCUT2D eigenvalue weighted by Gasteiger charge is -2.08. The fourth-order valence-corrected chi connectivity index (χ4v) is 1.92. The van der Waals surface area contributed by atoms with Crippen molar-refractivity contribution in [1.29, 1.82) is 0 Å². The molecule has 0 unspecified atom stereocenters. The highest BCUT2D eigenvalue weighted by Crippen LogP contribution is 2.21. The van der Waals surface area contributed by atoms with Gasteiger partial charge in [-0.15, -0.1) is 0 Å². The largest absolute Gasteiger partial charge is 0.481 e. The normalized spacial score (nSPS) is 10.4. The van der Waals surface area contributed by atoms with Crippen LogP contribution < -0.4 is 0 Å². The summed E-state index contributed by atoms with van der Waals surface area (Å²) in [6, 6.07) is 4.07. The number of halogens is 1. The molecule has 2 nitrogen and oxygen atoms in total. The summed E-state index contributed by atoms with van der Waals surface area (Å²) < 4.78 is 0. The molecule has 0 spiro atoms. The number of carboxylic acids is 1. The molecule has 0 bridgehead atoms. The van der Waals surface area contributed by atoms with Gasteiger partial charge < -0.3 is 5.11 Å². The molecule has 0 aromatic heterocycles. The van der Waals surface area contributed by atoms with Crippen LogP contribution in [0.25, 0.3) is 0 Å². The van der Waals surface area contributed by atoms with Crippen molar-refractivity contribution in [3.8, 4) is 0 Å². The Bertz CT molecular complexity index is 386. The highest BCUT2D eigenvalue weighted by atomic mass is 35.5. The molecule has 0 amide bonds. The third kappa shape index (κ3) is 3.86. The van der Waals surface area contributed by atoms with Gasteiger partial charge in [0.2, 0.25) is 0 Å². The summed E-state index contributed by atoms with van der Waals surface area (Å²) in [4.78, 5) is 10.4. The van der Waals surface area contributed by atoms with Crippen LogP contribution in [0.1, 0.15) is 36.0 Å². The summed E-state index contributed by atoms with van der Waals surface area (Å²) in [6.07, 6.45) is 2.83. The number of aryl methyl sites for hydroxylation is 3. The molecule has 0 fully saturated rings. The lowest BCUT2D eigenvalue weighted by Crippen LogP contribution is -1.96. The van der Waals surface area contributed by atoms with Crippen LogP contribution >= 0.6 is 11.6 Å². The second kappa shape index (κ2) is 5.90. The smallest absolute Gasteiger partial charge is 0.303 e. The van der Waals surface area contributed by atoms with Crippen molar-refractivity contribution in [2.24, 2.45) is 0 Å². The Hall–Kier alpha value is -1.02. The van der Waals surface area contributed by atoms with E-state index in [1.807, 2.05) is 19.9 Å². The van der Waals surface area contributed by atoms with Crippen molar-refractivity contribution in [3.05, 3.63) is 33.8 Å². The number of hydrogen-bond donors (Lipinski definition) is 1. The average molecular weight is 241 g/mol. The third-order valence-electron chi connectivity index (χ3n) is 2.70. The Balaban J connectivity index is 2.54. The SMILES string of the molecule is Cc1cc(CCCCC(=O)O)c(C)cc1Cl. The molecule has 1 rings (SSSR count). The van der Waals surface area contributed by atoms with E-state index in [0.717, 1.165) is 29.8 Å². The molecule has 0 atom stereocenters.